The van der Waals surface area contributed by atoms with Crippen LogP contribution in [-0.4, -0.2) is 35.0 Å². The highest BCUT2D eigenvalue weighted by Crippen LogP contribution is 2.51. The van der Waals surface area contributed by atoms with Gasteiger partial charge in [0.2, 0.25) is 0 Å². The molecule has 1 aromatic carbocycles. The van der Waals surface area contributed by atoms with Gasteiger partial charge in [0.1, 0.15) is 0 Å². The van der Waals surface area contributed by atoms with Crippen LogP contribution in [0.4, 0.5) is 0 Å². The zero-order valence-electron chi connectivity index (χ0n) is 19.3. The fraction of sp³-hybridized carbons (Fsp3) is 0.607. The lowest BCUT2D eigenvalue weighted by molar-refractivity contribution is 0.0505. The quantitative estimate of drug-likeness (QED) is 0.433. The number of ether oxygens (including phenoxy) is 1. The Balaban J connectivity index is 1.42. The second-order valence-corrected chi connectivity index (χ2v) is 9.94. The average molecular weight is 439 g/mol. The Kier molecular flexibility index (Phi) is 7.85. The summed E-state index contributed by atoms with van der Waals surface area (Å²) >= 11 is 0. The molecule has 4 heteroatoms. The van der Waals surface area contributed by atoms with Crippen LogP contribution in [0.25, 0.3) is 6.08 Å². The molecule has 0 heterocycles. The average Bonchev–Trinajstić information content (AvgIpc) is 3.34. The van der Waals surface area contributed by atoms with E-state index in [1.54, 1.807) is 6.07 Å². The largest absolute Gasteiger partial charge is 0.462 e. The summed E-state index contributed by atoms with van der Waals surface area (Å²) in [6.45, 7) is 2.43. The lowest BCUT2D eigenvalue weighted by Gasteiger charge is -2.25. The van der Waals surface area contributed by atoms with E-state index < -0.39 is 0 Å². The summed E-state index contributed by atoms with van der Waals surface area (Å²) < 4.78 is 5.27. The van der Waals surface area contributed by atoms with Gasteiger partial charge < -0.3 is 14.9 Å². The first-order chi connectivity index (χ1) is 15.6. The van der Waals surface area contributed by atoms with Crippen LogP contribution in [0.2, 0.25) is 0 Å². The van der Waals surface area contributed by atoms with E-state index >= 15 is 0 Å². The molecule has 1 aromatic rings. The van der Waals surface area contributed by atoms with Crippen LogP contribution in [0.5, 0.6) is 0 Å². The maximum atomic E-state index is 12.2. The van der Waals surface area contributed by atoms with E-state index in [0.717, 1.165) is 44.1 Å². The van der Waals surface area contributed by atoms with Crippen LogP contribution in [0.1, 0.15) is 80.6 Å². The molecule has 0 amide bonds. The van der Waals surface area contributed by atoms with Crippen LogP contribution >= 0.6 is 0 Å². The predicted molar refractivity (Wildman–Crippen MR) is 127 cm³/mol. The highest BCUT2D eigenvalue weighted by molar-refractivity contribution is 5.90. The molecule has 4 rings (SSSR count). The number of fused-ring (bicyclic) bond motifs is 1. The summed E-state index contributed by atoms with van der Waals surface area (Å²) in [4.78, 5) is 12.2. The molecule has 3 aliphatic carbocycles. The van der Waals surface area contributed by atoms with Gasteiger partial charge >= 0.3 is 5.97 Å². The third-order valence-corrected chi connectivity index (χ3v) is 7.77. The maximum absolute atomic E-state index is 12.2. The van der Waals surface area contributed by atoms with Gasteiger partial charge in [-0.3, -0.25) is 0 Å². The first-order valence-corrected chi connectivity index (χ1v) is 12.6. The Morgan fingerprint density at radius 3 is 2.81 bits per heavy atom. The summed E-state index contributed by atoms with van der Waals surface area (Å²) in [7, 11) is 0. The summed E-state index contributed by atoms with van der Waals surface area (Å²) in [5.74, 6) is 1.05. The molecule has 2 N–H and O–H groups in total. The number of allylic oxidation sites excluding steroid dienone is 1. The van der Waals surface area contributed by atoms with Crippen LogP contribution in [0.3, 0.4) is 0 Å². The fourth-order valence-corrected chi connectivity index (χ4v) is 6.06. The van der Waals surface area contributed by atoms with Gasteiger partial charge in [0.05, 0.1) is 24.4 Å². The minimum Gasteiger partial charge on any atom is -0.462 e. The minimum atomic E-state index is -0.381. The summed E-state index contributed by atoms with van der Waals surface area (Å²) in [6, 6.07) is 7.64. The molecule has 3 saturated carbocycles. The first kappa shape index (κ1) is 23.3. The van der Waals surface area contributed by atoms with Crippen molar-refractivity contribution in [1.29, 1.82) is 0 Å². The van der Waals surface area contributed by atoms with E-state index in [9.17, 15) is 15.0 Å². The second-order valence-electron chi connectivity index (χ2n) is 9.94. The van der Waals surface area contributed by atoms with E-state index in [1.165, 1.54) is 24.8 Å². The number of carbonyl (C=O) groups excluding carboxylic acids is 1. The Morgan fingerprint density at radius 1 is 1.22 bits per heavy atom. The van der Waals surface area contributed by atoms with Crippen molar-refractivity contribution in [1.82, 2.24) is 0 Å². The molecule has 0 unspecified atom stereocenters. The molecule has 0 aromatic heterocycles. The topological polar surface area (TPSA) is 66.8 Å². The van der Waals surface area contributed by atoms with E-state index in [4.69, 9.17) is 4.74 Å². The van der Waals surface area contributed by atoms with Gasteiger partial charge in [-0.05, 0) is 74.0 Å². The number of esters is 1. The zero-order valence-corrected chi connectivity index (χ0v) is 19.3. The van der Waals surface area contributed by atoms with Crippen molar-refractivity contribution in [3.8, 4) is 0 Å². The zero-order chi connectivity index (χ0) is 22.5. The predicted octanol–water partition coefficient (Wildman–Crippen LogP) is 5.54. The van der Waals surface area contributed by atoms with Crippen LogP contribution in [0.15, 0.2) is 42.0 Å². The number of hydrogen-bond donors (Lipinski definition) is 2. The molecule has 0 bridgehead atoms. The van der Waals surface area contributed by atoms with Gasteiger partial charge in [-0.15, -0.1) is 0 Å². The van der Waals surface area contributed by atoms with Crippen molar-refractivity contribution >= 4 is 12.0 Å². The van der Waals surface area contributed by atoms with Crippen LogP contribution in [-0.2, 0) is 4.74 Å². The van der Waals surface area contributed by atoms with E-state index in [0.29, 0.717) is 29.9 Å². The van der Waals surface area contributed by atoms with Gasteiger partial charge in [-0.1, -0.05) is 62.1 Å². The molecular formula is C28H38O4. The molecule has 0 spiro atoms. The fourth-order valence-electron chi connectivity index (χ4n) is 6.06. The Labute approximate surface area is 192 Å². The van der Waals surface area contributed by atoms with Gasteiger partial charge in [-0.25, -0.2) is 4.79 Å². The maximum Gasteiger partial charge on any atom is 0.338 e. The highest BCUT2D eigenvalue weighted by atomic mass is 16.5. The lowest BCUT2D eigenvalue weighted by Crippen LogP contribution is -2.22. The van der Waals surface area contributed by atoms with Gasteiger partial charge in [0.25, 0.3) is 0 Å². The molecular weight excluding hydrogens is 400 g/mol. The Bertz CT molecular complexity index is 836. The SMILES string of the molecule is CCCOC(=O)c1cccc(C=C2CC[C@H]3[C@@H](C=C[C@@H](O)C4CCCCC4)[C@H](O)C[C@@H]23)c1. The Morgan fingerprint density at radius 2 is 2.03 bits per heavy atom. The third kappa shape index (κ3) is 5.35. The minimum absolute atomic E-state index is 0.125. The van der Waals surface area contributed by atoms with Crippen molar-refractivity contribution in [2.75, 3.05) is 6.61 Å². The summed E-state index contributed by atoms with van der Waals surface area (Å²) in [5, 5.41) is 21.4. The molecule has 5 atom stereocenters. The number of aliphatic hydroxyl groups is 2. The molecule has 32 heavy (non-hydrogen) atoms. The molecule has 0 saturated heterocycles. The van der Waals surface area contributed by atoms with Crippen molar-refractivity contribution in [3.63, 3.8) is 0 Å². The van der Waals surface area contributed by atoms with Gasteiger partial charge in [-0.2, -0.15) is 0 Å². The first-order valence-electron chi connectivity index (χ1n) is 12.6. The van der Waals surface area contributed by atoms with Crippen LogP contribution < -0.4 is 0 Å². The second kappa shape index (κ2) is 10.8. The smallest absolute Gasteiger partial charge is 0.338 e. The van der Waals surface area contributed by atoms with Gasteiger partial charge in [0, 0.05) is 5.92 Å². The molecule has 0 aliphatic heterocycles. The van der Waals surface area contributed by atoms with Crippen molar-refractivity contribution in [2.24, 2.45) is 23.7 Å². The lowest BCUT2D eigenvalue weighted by atomic mass is 9.84. The number of benzene rings is 1. The van der Waals surface area contributed by atoms with Crippen molar-refractivity contribution < 1.29 is 19.7 Å². The molecule has 3 fully saturated rings. The number of aliphatic hydroxyl groups excluding tert-OH is 2. The van der Waals surface area contributed by atoms with Crippen molar-refractivity contribution in [3.05, 3.63) is 53.1 Å². The number of hydrogen-bond acceptors (Lipinski definition) is 4. The molecule has 4 nitrogen and oxygen atoms in total. The standard InChI is InChI=1S/C28H38O4/c1-2-15-32-28(31)22-10-6-7-19(17-22)16-21-11-12-23-24(27(30)18-25(21)23)13-14-26(29)20-8-4-3-5-9-20/h6-7,10,13-14,16-17,20,23-27,29-30H,2-5,8-9,11-12,15,18H2,1H3/t23-,24+,25-,26+,27+/m0/s1. The van der Waals surface area contributed by atoms with E-state index in [-0.39, 0.29) is 24.1 Å². The van der Waals surface area contributed by atoms with E-state index in [1.807, 2.05) is 31.2 Å². The number of carbonyl (C=O) groups is 1. The van der Waals surface area contributed by atoms with Crippen molar-refractivity contribution in [2.45, 2.75) is 76.9 Å². The number of rotatable bonds is 7. The van der Waals surface area contributed by atoms with Crippen LogP contribution in [0, 0.1) is 23.7 Å². The summed E-state index contributed by atoms with van der Waals surface area (Å²) in [5.41, 5.74) is 2.98. The monoisotopic (exact) mass is 438 g/mol. The summed E-state index contributed by atoms with van der Waals surface area (Å²) in [6.07, 6.45) is 15.2. The highest BCUT2D eigenvalue weighted by Gasteiger charge is 2.45. The normalized spacial score (nSPS) is 30.7. The molecule has 174 valence electrons. The van der Waals surface area contributed by atoms with Gasteiger partial charge in [0.15, 0.2) is 0 Å². The van der Waals surface area contributed by atoms with E-state index in [2.05, 4.69) is 12.2 Å². The molecule has 0 radical (unpaired) electrons. The third-order valence-electron chi connectivity index (χ3n) is 7.77. The molecule has 3 aliphatic rings. The Hall–Kier alpha value is -1.91.